The predicted octanol–water partition coefficient (Wildman–Crippen LogP) is 4.55. The van der Waals surface area contributed by atoms with Crippen molar-refractivity contribution in [3.8, 4) is 16.9 Å². The van der Waals surface area contributed by atoms with Gasteiger partial charge in [0.2, 0.25) is 0 Å². The van der Waals surface area contributed by atoms with Crippen molar-refractivity contribution in [1.29, 1.82) is 0 Å². The Labute approximate surface area is 121 Å². The summed E-state index contributed by atoms with van der Waals surface area (Å²) in [6, 6.07) is 16.8. The highest BCUT2D eigenvalue weighted by molar-refractivity contribution is 5.70. The molecule has 0 amide bonds. The lowest BCUT2D eigenvalue weighted by Crippen LogP contribution is -2.08. The Morgan fingerprint density at radius 1 is 1.00 bits per heavy atom. The van der Waals surface area contributed by atoms with Crippen LogP contribution in [0, 0.1) is 0 Å². The second kappa shape index (κ2) is 7.11. The van der Waals surface area contributed by atoms with Gasteiger partial charge in [-0.1, -0.05) is 56.3 Å². The van der Waals surface area contributed by atoms with Gasteiger partial charge in [0.15, 0.2) is 0 Å². The molecule has 0 aromatic heterocycles. The van der Waals surface area contributed by atoms with Crippen molar-refractivity contribution in [2.24, 2.45) is 5.73 Å². The van der Waals surface area contributed by atoms with E-state index in [0.717, 1.165) is 30.8 Å². The molecule has 1 unspecified atom stereocenters. The molecule has 0 saturated carbocycles. The minimum atomic E-state index is 0.121. The third kappa shape index (κ3) is 3.40. The number of hydrogen-bond donors (Lipinski definition) is 1. The average Bonchev–Trinajstić information content (AvgIpc) is 2.52. The van der Waals surface area contributed by atoms with Crippen LogP contribution in [0.5, 0.6) is 5.75 Å². The zero-order valence-corrected chi connectivity index (χ0v) is 12.3. The summed E-state index contributed by atoms with van der Waals surface area (Å²) in [5, 5.41) is 0. The molecule has 0 spiro atoms. The van der Waals surface area contributed by atoms with E-state index in [9.17, 15) is 0 Å². The van der Waals surface area contributed by atoms with Crippen LogP contribution in [-0.2, 0) is 0 Å². The zero-order chi connectivity index (χ0) is 14.4. The molecule has 0 aliphatic heterocycles. The summed E-state index contributed by atoms with van der Waals surface area (Å²) in [6.45, 7) is 4.96. The third-order valence-electron chi connectivity index (χ3n) is 3.44. The summed E-state index contributed by atoms with van der Waals surface area (Å²) < 4.78 is 5.81. The van der Waals surface area contributed by atoms with Gasteiger partial charge in [0.25, 0.3) is 0 Å². The molecule has 0 bridgehead atoms. The second-order valence-electron chi connectivity index (χ2n) is 4.98. The van der Waals surface area contributed by atoms with Gasteiger partial charge < -0.3 is 10.5 Å². The number of para-hydroxylation sites is 1. The first-order valence-electron chi connectivity index (χ1n) is 7.34. The van der Waals surface area contributed by atoms with Crippen molar-refractivity contribution in [1.82, 2.24) is 0 Å². The number of rotatable bonds is 6. The van der Waals surface area contributed by atoms with Crippen LogP contribution in [0.25, 0.3) is 11.1 Å². The maximum Gasteiger partial charge on any atom is 0.127 e. The van der Waals surface area contributed by atoms with Crippen molar-refractivity contribution < 1.29 is 4.74 Å². The lowest BCUT2D eigenvalue weighted by atomic mass is 9.99. The summed E-state index contributed by atoms with van der Waals surface area (Å²) in [6.07, 6.45) is 1.97. The van der Waals surface area contributed by atoms with Gasteiger partial charge in [-0.15, -0.1) is 0 Å². The van der Waals surface area contributed by atoms with Crippen LogP contribution < -0.4 is 10.5 Å². The van der Waals surface area contributed by atoms with Crippen molar-refractivity contribution in [2.75, 3.05) is 6.61 Å². The first kappa shape index (κ1) is 14.6. The van der Waals surface area contributed by atoms with Gasteiger partial charge in [-0.3, -0.25) is 0 Å². The number of hydrogen-bond acceptors (Lipinski definition) is 2. The smallest absolute Gasteiger partial charge is 0.127 e. The fourth-order valence-corrected chi connectivity index (χ4v) is 2.19. The van der Waals surface area contributed by atoms with Crippen LogP contribution in [0.2, 0.25) is 0 Å². The van der Waals surface area contributed by atoms with E-state index in [1.54, 1.807) is 0 Å². The van der Waals surface area contributed by atoms with Gasteiger partial charge in [-0.05, 0) is 30.0 Å². The van der Waals surface area contributed by atoms with E-state index in [4.69, 9.17) is 10.5 Å². The summed E-state index contributed by atoms with van der Waals surface area (Å²) in [4.78, 5) is 0. The SMILES string of the molecule is CCCOc1ccccc1-c1ccc(C(N)CC)cc1. The Morgan fingerprint density at radius 3 is 2.35 bits per heavy atom. The lowest BCUT2D eigenvalue weighted by molar-refractivity contribution is 0.318. The molecular formula is C18H23NO. The van der Waals surface area contributed by atoms with E-state index in [2.05, 4.69) is 44.2 Å². The minimum Gasteiger partial charge on any atom is -0.493 e. The van der Waals surface area contributed by atoms with Gasteiger partial charge in [-0.25, -0.2) is 0 Å². The van der Waals surface area contributed by atoms with E-state index < -0.39 is 0 Å². The summed E-state index contributed by atoms with van der Waals surface area (Å²) in [5.41, 5.74) is 9.54. The molecule has 0 radical (unpaired) electrons. The largest absolute Gasteiger partial charge is 0.493 e. The van der Waals surface area contributed by atoms with Gasteiger partial charge >= 0.3 is 0 Å². The normalized spacial score (nSPS) is 12.2. The standard InChI is InChI=1S/C18H23NO/c1-3-13-20-18-8-6-5-7-16(18)14-9-11-15(12-10-14)17(19)4-2/h5-12,17H,3-4,13,19H2,1-2H3. The molecular weight excluding hydrogens is 246 g/mol. The van der Waals surface area contributed by atoms with Crippen molar-refractivity contribution in [3.63, 3.8) is 0 Å². The molecule has 2 rings (SSSR count). The van der Waals surface area contributed by atoms with Crippen LogP contribution in [0.1, 0.15) is 38.3 Å². The highest BCUT2D eigenvalue weighted by Crippen LogP contribution is 2.30. The van der Waals surface area contributed by atoms with Crippen molar-refractivity contribution in [2.45, 2.75) is 32.7 Å². The molecule has 2 nitrogen and oxygen atoms in total. The van der Waals surface area contributed by atoms with Crippen LogP contribution in [0.3, 0.4) is 0 Å². The number of ether oxygens (including phenoxy) is 1. The average molecular weight is 269 g/mol. The number of benzene rings is 2. The third-order valence-corrected chi connectivity index (χ3v) is 3.44. The Hall–Kier alpha value is -1.80. The molecule has 0 fully saturated rings. The minimum absolute atomic E-state index is 0.121. The summed E-state index contributed by atoms with van der Waals surface area (Å²) in [5.74, 6) is 0.946. The van der Waals surface area contributed by atoms with E-state index in [1.807, 2.05) is 18.2 Å². The van der Waals surface area contributed by atoms with Crippen molar-refractivity contribution >= 4 is 0 Å². The maximum absolute atomic E-state index is 6.05. The molecule has 2 aromatic carbocycles. The van der Waals surface area contributed by atoms with Gasteiger partial charge in [0.1, 0.15) is 5.75 Å². The molecule has 2 aromatic rings. The van der Waals surface area contributed by atoms with Crippen LogP contribution in [0.15, 0.2) is 48.5 Å². The maximum atomic E-state index is 6.05. The lowest BCUT2D eigenvalue weighted by Gasteiger charge is -2.13. The highest BCUT2D eigenvalue weighted by Gasteiger charge is 2.07. The quantitative estimate of drug-likeness (QED) is 0.834. The van der Waals surface area contributed by atoms with Crippen LogP contribution >= 0.6 is 0 Å². The second-order valence-corrected chi connectivity index (χ2v) is 4.98. The molecule has 106 valence electrons. The summed E-state index contributed by atoms with van der Waals surface area (Å²) in [7, 11) is 0. The molecule has 20 heavy (non-hydrogen) atoms. The van der Waals surface area contributed by atoms with Crippen molar-refractivity contribution in [3.05, 3.63) is 54.1 Å². The van der Waals surface area contributed by atoms with E-state index in [0.29, 0.717) is 0 Å². The van der Waals surface area contributed by atoms with Crippen LogP contribution in [-0.4, -0.2) is 6.61 Å². The monoisotopic (exact) mass is 269 g/mol. The Morgan fingerprint density at radius 2 is 1.70 bits per heavy atom. The molecule has 0 aliphatic carbocycles. The molecule has 0 aliphatic rings. The molecule has 2 heteroatoms. The molecule has 1 atom stereocenters. The van der Waals surface area contributed by atoms with E-state index in [-0.39, 0.29) is 6.04 Å². The van der Waals surface area contributed by atoms with E-state index in [1.165, 1.54) is 11.1 Å². The first-order valence-corrected chi connectivity index (χ1v) is 7.34. The first-order chi connectivity index (χ1) is 9.76. The topological polar surface area (TPSA) is 35.2 Å². The zero-order valence-electron chi connectivity index (χ0n) is 12.3. The van der Waals surface area contributed by atoms with Gasteiger partial charge in [-0.2, -0.15) is 0 Å². The molecule has 0 saturated heterocycles. The number of nitrogens with two attached hydrogens (primary N) is 1. The van der Waals surface area contributed by atoms with Crippen LogP contribution in [0.4, 0.5) is 0 Å². The fraction of sp³-hybridized carbons (Fsp3) is 0.333. The Balaban J connectivity index is 2.27. The van der Waals surface area contributed by atoms with Gasteiger partial charge in [0.05, 0.1) is 6.61 Å². The highest BCUT2D eigenvalue weighted by atomic mass is 16.5. The Bertz CT molecular complexity index is 533. The Kier molecular flexibility index (Phi) is 5.19. The van der Waals surface area contributed by atoms with E-state index >= 15 is 0 Å². The summed E-state index contributed by atoms with van der Waals surface area (Å²) >= 11 is 0. The molecule has 0 heterocycles. The van der Waals surface area contributed by atoms with Gasteiger partial charge in [0, 0.05) is 11.6 Å². The predicted molar refractivity (Wildman–Crippen MR) is 84.9 cm³/mol. The molecule has 2 N–H and O–H groups in total. The fourth-order valence-electron chi connectivity index (χ4n) is 2.19.